The third-order valence-electron chi connectivity index (χ3n) is 8.70. The summed E-state index contributed by atoms with van der Waals surface area (Å²) in [5.74, 6) is -0.854. The Morgan fingerprint density at radius 1 is 0.964 bits per heavy atom. The first-order valence-corrected chi connectivity index (χ1v) is 17.6. The number of fused-ring (bicyclic) bond motifs is 2. The second-order valence-corrected chi connectivity index (χ2v) is 13.9. The number of nitrogens with zero attached hydrogens (tertiary/aromatic N) is 4. The van der Waals surface area contributed by atoms with E-state index in [-0.39, 0.29) is 41.9 Å². The average molecular weight is 750 g/mol. The minimum atomic E-state index is -1.03. The van der Waals surface area contributed by atoms with Crippen molar-refractivity contribution >= 4 is 63.8 Å². The first-order valence-electron chi connectivity index (χ1n) is 17.6. The quantitative estimate of drug-likeness (QED) is 0.0814. The van der Waals surface area contributed by atoms with Crippen molar-refractivity contribution in [3.05, 3.63) is 84.2 Å². The number of anilines is 4. The minimum Gasteiger partial charge on any atom is -0.491 e. The lowest BCUT2D eigenvalue weighted by Crippen LogP contribution is -2.54. The lowest BCUT2D eigenvalue weighted by atomic mass is 10.0. The molecular weight excluding hydrogens is 710 g/mol. The molecule has 284 valence electrons. The fraction of sp³-hybridized carbons (Fsp3) is 0.289. The molecule has 0 saturated carbocycles. The van der Waals surface area contributed by atoms with Crippen LogP contribution in [0.4, 0.5) is 27.9 Å². The van der Waals surface area contributed by atoms with Gasteiger partial charge in [-0.2, -0.15) is 0 Å². The van der Waals surface area contributed by atoms with Crippen LogP contribution in [0.15, 0.2) is 77.6 Å². The monoisotopic (exact) mass is 749 g/mol. The van der Waals surface area contributed by atoms with E-state index in [4.69, 9.17) is 14.0 Å². The Hall–Kier alpha value is -6.75. The minimum absolute atomic E-state index is 0.0540. The molecule has 17 heteroatoms. The number of ether oxygens (including phenoxy) is 2. The zero-order valence-electron chi connectivity index (χ0n) is 30.3. The maximum Gasteiger partial charge on any atom is 0.324 e. The van der Waals surface area contributed by atoms with Gasteiger partial charge in [-0.1, -0.05) is 11.2 Å². The summed E-state index contributed by atoms with van der Waals surface area (Å²) in [7, 11) is 0. The smallest absolute Gasteiger partial charge is 0.324 e. The summed E-state index contributed by atoms with van der Waals surface area (Å²) in [4.78, 5) is 68.2. The number of imide groups is 2. The molecule has 2 aliphatic rings. The molecule has 4 heterocycles. The van der Waals surface area contributed by atoms with E-state index in [0.717, 1.165) is 21.6 Å². The van der Waals surface area contributed by atoms with Gasteiger partial charge in [-0.05, 0) is 75.7 Å². The highest BCUT2D eigenvalue weighted by Crippen LogP contribution is 2.32. The largest absolute Gasteiger partial charge is 0.491 e. The molecule has 17 nitrogen and oxygen atoms in total. The Morgan fingerprint density at radius 2 is 1.78 bits per heavy atom. The molecule has 1 atom stereocenters. The van der Waals surface area contributed by atoms with Crippen molar-refractivity contribution in [3.63, 3.8) is 0 Å². The van der Waals surface area contributed by atoms with Crippen molar-refractivity contribution in [2.45, 2.75) is 45.2 Å². The molecule has 5 aromatic rings. The van der Waals surface area contributed by atoms with Crippen LogP contribution in [0, 0.1) is 0 Å². The third kappa shape index (κ3) is 8.26. The van der Waals surface area contributed by atoms with Crippen LogP contribution >= 0.6 is 0 Å². The molecule has 0 bridgehead atoms. The molecular formula is C38H39N9O8. The van der Waals surface area contributed by atoms with Crippen LogP contribution in [0.5, 0.6) is 5.75 Å². The number of amides is 6. The Labute approximate surface area is 314 Å². The van der Waals surface area contributed by atoms with E-state index in [1.54, 1.807) is 42.7 Å². The van der Waals surface area contributed by atoms with Crippen LogP contribution in [0.25, 0.3) is 16.7 Å². The second kappa shape index (κ2) is 15.3. The number of hydrogen-bond acceptors (Lipinski definition) is 12. The van der Waals surface area contributed by atoms with Gasteiger partial charge in [0.2, 0.25) is 17.7 Å². The summed E-state index contributed by atoms with van der Waals surface area (Å²) in [6.45, 7) is 7.19. The zero-order chi connectivity index (χ0) is 38.7. The number of benzene rings is 3. The molecule has 0 aliphatic carbocycles. The highest BCUT2D eigenvalue weighted by atomic mass is 16.5. The number of urea groups is 1. The number of nitrogens with one attached hydrogen (secondary N) is 5. The van der Waals surface area contributed by atoms with Crippen molar-refractivity contribution in [2.75, 3.05) is 47.6 Å². The van der Waals surface area contributed by atoms with Crippen LogP contribution in [-0.4, -0.2) is 87.2 Å². The van der Waals surface area contributed by atoms with Gasteiger partial charge in [0.05, 0.1) is 35.4 Å². The van der Waals surface area contributed by atoms with E-state index < -0.39 is 35.7 Å². The van der Waals surface area contributed by atoms with Gasteiger partial charge in [-0.25, -0.2) is 9.78 Å². The van der Waals surface area contributed by atoms with Gasteiger partial charge in [0.1, 0.15) is 24.7 Å². The van der Waals surface area contributed by atoms with Gasteiger partial charge in [-0.3, -0.25) is 39.3 Å². The SMILES string of the molecule is CC(C)(C)Nc1cc(NC(=O)Nc2ccc(-n3cnc4cc(OCCOCCNc5cccc6c5C(=O)N(C5CCC(=O)NC5=O)C6=O)ccc43)cc2)no1. The highest BCUT2D eigenvalue weighted by molar-refractivity contribution is 6.25. The number of carbonyl (C=O) groups excluding carboxylic acids is 5. The molecule has 0 spiro atoms. The molecule has 0 radical (unpaired) electrons. The molecule has 1 saturated heterocycles. The molecule has 6 amide bonds. The van der Waals surface area contributed by atoms with Gasteiger partial charge >= 0.3 is 6.03 Å². The number of aromatic nitrogens is 3. The highest BCUT2D eigenvalue weighted by Gasteiger charge is 2.45. The molecule has 7 rings (SSSR count). The lowest BCUT2D eigenvalue weighted by Gasteiger charge is -2.27. The predicted octanol–water partition coefficient (Wildman–Crippen LogP) is 4.78. The number of rotatable bonds is 13. The van der Waals surface area contributed by atoms with E-state index in [1.165, 1.54) is 0 Å². The van der Waals surface area contributed by atoms with Crippen molar-refractivity contribution in [2.24, 2.45) is 0 Å². The van der Waals surface area contributed by atoms with Crippen LogP contribution in [0.1, 0.15) is 54.3 Å². The lowest BCUT2D eigenvalue weighted by molar-refractivity contribution is -0.136. The van der Waals surface area contributed by atoms with Crippen LogP contribution < -0.4 is 31.3 Å². The fourth-order valence-corrected chi connectivity index (χ4v) is 6.28. The maximum atomic E-state index is 13.3. The standard InChI is InChI=1S/C38H39N9O8/c1-38(2,3)44-32-20-30(45-55-32)42-37(52)41-22-7-9-23(10-8-22)46-21-40-27-19-24(11-12-28(27)46)54-18-17-53-16-15-39-26-6-4-5-25-33(26)36(51)47(35(25)50)29-13-14-31(48)43-34(29)49/h4-12,19-21,29,39,44H,13-18H2,1-3H3,(H,43,48,49)(H2,41,42,45,52). The first-order chi connectivity index (χ1) is 26.4. The van der Waals surface area contributed by atoms with E-state index in [1.807, 2.05) is 55.7 Å². The normalized spacial score (nSPS) is 15.5. The van der Waals surface area contributed by atoms with Crippen LogP contribution in [0.2, 0.25) is 0 Å². The number of hydrogen-bond donors (Lipinski definition) is 5. The molecule has 3 aromatic carbocycles. The van der Waals surface area contributed by atoms with E-state index in [0.29, 0.717) is 42.8 Å². The summed E-state index contributed by atoms with van der Waals surface area (Å²) in [6, 6.07) is 17.9. The summed E-state index contributed by atoms with van der Waals surface area (Å²) in [5.41, 5.74) is 3.68. The van der Waals surface area contributed by atoms with Crippen molar-refractivity contribution in [1.29, 1.82) is 0 Å². The van der Waals surface area contributed by atoms with Crippen molar-refractivity contribution in [1.82, 2.24) is 24.9 Å². The topological polar surface area (TPSA) is 211 Å². The van der Waals surface area contributed by atoms with Gasteiger partial charge < -0.3 is 29.9 Å². The Bertz CT molecular complexity index is 2280. The summed E-state index contributed by atoms with van der Waals surface area (Å²) >= 11 is 0. The molecule has 2 aliphatic heterocycles. The summed E-state index contributed by atoms with van der Waals surface area (Å²) < 4.78 is 18.8. The summed E-state index contributed by atoms with van der Waals surface area (Å²) in [6.07, 6.45) is 1.86. The number of carbonyl (C=O) groups is 5. The Balaban J connectivity index is 0.853. The van der Waals surface area contributed by atoms with Gasteiger partial charge in [0.25, 0.3) is 11.8 Å². The predicted molar refractivity (Wildman–Crippen MR) is 202 cm³/mol. The molecule has 5 N–H and O–H groups in total. The van der Waals surface area contributed by atoms with Crippen molar-refractivity contribution in [3.8, 4) is 11.4 Å². The maximum absolute atomic E-state index is 13.3. The van der Waals surface area contributed by atoms with Gasteiger partial charge in [-0.15, -0.1) is 0 Å². The number of piperidine rings is 1. The Kier molecular flexibility index (Phi) is 10.2. The van der Waals surface area contributed by atoms with E-state index in [2.05, 4.69) is 36.7 Å². The van der Waals surface area contributed by atoms with Gasteiger partial charge in [0.15, 0.2) is 5.82 Å². The average Bonchev–Trinajstić information content (AvgIpc) is 3.83. The van der Waals surface area contributed by atoms with E-state index >= 15 is 0 Å². The molecule has 55 heavy (non-hydrogen) atoms. The zero-order valence-corrected chi connectivity index (χ0v) is 30.3. The molecule has 1 fully saturated rings. The van der Waals surface area contributed by atoms with Crippen molar-refractivity contribution < 1.29 is 38.0 Å². The number of imidazole rings is 1. The second-order valence-electron chi connectivity index (χ2n) is 13.9. The van der Waals surface area contributed by atoms with Gasteiger partial charge in [0, 0.05) is 47.7 Å². The molecule has 1 unspecified atom stereocenters. The Morgan fingerprint density at radius 3 is 2.56 bits per heavy atom. The van der Waals surface area contributed by atoms with Crippen LogP contribution in [-0.2, 0) is 14.3 Å². The third-order valence-corrected chi connectivity index (χ3v) is 8.70. The van der Waals surface area contributed by atoms with Crippen LogP contribution in [0.3, 0.4) is 0 Å². The first kappa shape index (κ1) is 36.6. The fourth-order valence-electron chi connectivity index (χ4n) is 6.28. The molecule has 2 aromatic heterocycles. The van der Waals surface area contributed by atoms with E-state index in [9.17, 15) is 24.0 Å². The summed E-state index contributed by atoms with van der Waals surface area (Å²) in [5, 5.41) is 17.8.